The number of aromatic hydroxyl groups is 1. The van der Waals surface area contributed by atoms with Crippen LogP contribution in [0.15, 0.2) is 24.5 Å². The molecule has 0 bridgehead atoms. The summed E-state index contributed by atoms with van der Waals surface area (Å²) in [4.78, 5) is 4.12. The number of benzene rings is 1. The zero-order valence-corrected chi connectivity index (χ0v) is 9.92. The summed E-state index contributed by atoms with van der Waals surface area (Å²) in [5.74, 6) is 1.67. The molecule has 17 heavy (non-hydrogen) atoms. The molecule has 1 aromatic heterocycles. The molecule has 1 aromatic carbocycles. The largest absolute Gasteiger partial charge is 0.508 e. The molecule has 0 fully saturated rings. The number of ether oxygens (including phenoxy) is 1. The number of phenols is 1. The Kier molecular flexibility index (Phi) is 3.27. The average Bonchev–Trinajstić information content (AvgIpc) is 2.78. The van der Waals surface area contributed by atoms with Crippen LogP contribution in [-0.2, 0) is 13.2 Å². The van der Waals surface area contributed by atoms with E-state index in [0.29, 0.717) is 12.4 Å². The van der Waals surface area contributed by atoms with Crippen molar-refractivity contribution in [3.05, 3.63) is 35.9 Å². The Bertz CT molecular complexity index is 508. The molecule has 2 rings (SSSR count). The Labute approximate surface area is 99.7 Å². The SMILES string of the molecule is CCn1ncnc1COc1cccc(O)c1C. The molecule has 1 N–H and O–H groups in total. The van der Waals surface area contributed by atoms with Gasteiger partial charge in [-0.05, 0) is 26.0 Å². The van der Waals surface area contributed by atoms with Crippen LogP contribution in [0.3, 0.4) is 0 Å². The molecular weight excluding hydrogens is 218 g/mol. The van der Waals surface area contributed by atoms with Crippen LogP contribution in [0.5, 0.6) is 11.5 Å². The fourth-order valence-electron chi connectivity index (χ4n) is 1.57. The van der Waals surface area contributed by atoms with Crippen molar-refractivity contribution in [3.8, 4) is 11.5 Å². The highest BCUT2D eigenvalue weighted by atomic mass is 16.5. The quantitative estimate of drug-likeness (QED) is 0.876. The van der Waals surface area contributed by atoms with Gasteiger partial charge in [0, 0.05) is 12.1 Å². The summed E-state index contributed by atoms with van der Waals surface area (Å²) in [5, 5.41) is 13.6. The highest BCUT2D eigenvalue weighted by Gasteiger charge is 2.07. The summed E-state index contributed by atoms with van der Waals surface area (Å²) in [7, 11) is 0. The highest BCUT2D eigenvalue weighted by molar-refractivity contribution is 5.42. The van der Waals surface area contributed by atoms with Crippen LogP contribution in [-0.4, -0.2) is 19.9 Å². The van der Waals surface area contributed by atoms with Crippen molar-refractivity contribution in [3.63, 3.8) is 0 Å². The number of phenolic OH excluding ortho intramolecular Hbond substituents is 1. The summed E-state index contributed by atoms with van der Waals surface area (Å²) < 4.78 is 7.40. The van der Waals surface area contributed by atoms with E-state index in [1.54, 1.807) is 16.8 Å². The normalized spacial score (nSPS) is 10.5. The fourth-order valence-corrected chi connectivity index (χ4v) is 1.57. The Morgan fingerprint density at radius 2 is 2.24 bits per heavy atom. The van der Waals surface area contributed by atoms with E-state index in [0.717, 1.165) is 17.9 Å². The molecule has 0 aliphatic rings. The molecule has 90 valence electrons. The van der Waals surface area contributed by atoms with Crippen LogP contribution in [0.2, 0.25) is 0 Å². The van der Waals surface area contributed by atoms with Crippen LogP contribution in [0.1, 0.15) is 18.3 Å². The van der Waals surface area contributed by atoms with Crippen LogP contribution in [0.25, 0.3) is 0 Å². The lowest BCUT2D eigenvalue weighted by molar-refractivity contribution is 0.283. The molecule has 2 aromatic rings. The molecule has 5 nitrogen and oxygen atoms in total. The van der Waals surface area contributed by atoms with E-state index in [1.807, 2.05) is 19.9 Å². The molecular formula is C12H15N3O2. The zero-order valence-electron chi connectivity index (χ0n) is 9.92. The Balaban J connectivity index is 2.10. The first-order valence-electron chi connectivity index (χ1n) is 5.50. The second-order valence-corrected chi connectivity index (χ2v) is 3.68. The van der Waals surface area contributed by atoms with Gasteiger partial charge < -0.3 is 9.84 Å². The first kappa shape index (κ1) is 11.4. The van der Waals surface area contributed by atoms with Crippen molar-refractivity contribution >= 4 is 0 Å². The van der Waals surface area contributed by atoms with Gasteiger partial charge in [0.05, 0.1) is 0 Å². The third-order valence-electron chi connectivity index (χ3n) is 2.61. The maximum absolute atomic E-state index is 9.54. The van der Waals surface area contributed by atoms with E-state index < -0.39 is 0 Å². The first-order chi connectivity index (χ1) is 8.22. The summed E-state index contributed by atoms with van der Waals surface area (Å²) >= 11 is 0. The Morgan fingerprint density at radius 1 is 1.41 bits per heavy atom. The van der Waals surface area contributed by atoms with Gasteiger partial charge in [0.15, 0.2) is 5.82 Å². The number of nitrogens with zero attached hydrogens (tertiary/aromatic N) is 3. The first-order valence-corrected chi connectivity index (χ1v) is 5.50. The van der Waals surface area contributed by atoms with Crippen LogP contribution in [0.4, 0.5) is 0 Å². The van der Waals surface area contributed by atoms with Crippen molar-refractivity contribution in [1.29, 1.82) is 0 Å². The predicted molar refractivity (Wildman–Crippen MR) is 62.9 cm³/mol. The maximum atomic E-state index is 9.54. The average molecular weight is 233 g/mol. The summed E-state index contributed by atoms with van der Waals surface area (Å²) in [6.45, 7) is 4.92. The topological polar surface area (TPSA) is 60.2 Å². The summed E-state index contributed by atoms with van der Waals surface area (Å²) in [5.41, 5.74) is 0.732. The van der Waals surface area contributed by atoms with Gasteiger partial charge in [0.2, 0.25) is 0 Å². The van der Waals surface area contributed by atoms with Gasteiger partial charge >= 0.3 is 0 Å². The monoisotopic (exact) mass is 233 g/mol. The molecule has 5 heteroatoms. The lowest BCUT2D eigenvalue weighted by Gasteiger charge is -2.09. The van der Waals surface area contributed by atoms with E-state index in [2.05, 4.69) is 10.1 Å². The second-order valence-electron chi connectivity index (χ2n) is 3.68. The Morgan fingerprint density at radius 3 is 3.00 bits per heavy atom. The van der Waals surface area contributed by atoms with E-state index in [-0.39, 0.29) is 5.75 Å². The molecule has 0 atom stereocenters. The van der Waals surface area contributed by atoms with Crippen LogP contribution in [0, 0.1) is 6.92 Å². The summed E-state index contributed by atoms with van der Waals surface area (Å²) in [6, 6.07) is 5.21. The van der Waals surface area contributed by atoms with E-state index >= 15 is 0 Å². The van der Waals surface area contributed by atoms with Gasteiger partial charge in [-0.3, -0.25) is 0 Å². The lowest BCUT2D eigenvalue weighted by Crippen LogP contribution is -2.07. The third kappa shape index (κ3) is 2.38. The minimum atomic E-state index is 0.236. The van der Waals surface area contributed by atoms with Gasteiger partial charge in [-0.25, -0.2) is 9.67 Å². The van der Waals surface area contributed by atoms with E-state index in [4.69, 9.17) is 4.74 Å². The van der Waals surface area contributed by atoms with Crippen molar-refractivity contribution in [2.45, 2.75) is 27.0 Å². The van der Waals surface area contributed by atoms with Crippen LogP contribution < -0.4 is 4.74 Å². The molecule has 1 heterocycles. The van der Waals surface area contributed by atoms with Gasteiger partial charge in [0.1, 0.15) is 24.4 Å². The summed E-state index contributed by atoms with van der Waals surface area (Å²) in [6.07, 6.45) is 1.51. The molecule has 0 radical (unpaired) electrons. The number of rotatable bonds is 4. The Hall–Kier alpha value is -2.04. The van der Waals surface area contributed by atoms with Gasteiger partial charge in [0.25, 0.3) is 0 Å². The second kappa shape index (κ2) is 4.86. The molecule has 0 aliphatic heterocycles. The van der Waals surface area contributed by atoms with Crippen molar-refractivity contribution < 1.29 is 9.84 Å². The van der Waals surface area contributed by atoms with Crippen molar-refractivity contribution in [1.82, 2.24) is 14.8 Å². The van der Waals surface area contributed by atoms with Crippen LogP contribution >= 0.6 is 0 Å². The van der Waals surface area contributed by atoms with Crippen molar-refractivity contribution in [2.24, 2.45) is 0 Å². The number of hydrogen-bond donors (Lipinski definition) is 1. The predicted octanol–water partition coefficient (Wildman–Crippen LogP) is 1.89. The standard InChI is InChI=1S/C12H15N3O2/c1-3-15-12(13-8-14-15)7-17-11-6-4-5-10(16)9(11)2/h4-6,8,16H,3,7H2,1-2H3. The molecule has 0 spiro atoms. The van der Waals surface area contributed by atoms with Gasteiger partial charge in [-0.1, -0.05) is 6.07 Å². The molecule has 0 unspecified atom stereocenters. The lowest BCUT2D eigenvalue weighted by atomic mass is 10.2. The number of aryl methyl sites for hydroxylation is 1. The van der Waals surface area contributed by atoms with E-state index in [9.17, 15) is 5.11 Å². The van der Waals surface area contributed by atoms with Gasteiger partial charge in [-0.2, -0.15) is 5.10 Å². The van der Waals surface area contributed by atoms with Gasteiger partial charge in [-0.15, -0.1) is 0 Å². The minimum Gasteiger partial charge on any atom is -0.508 e. The molecule has 0 amide bonds. The third-order valence-corrected chi connectivity index (χ3v) is 2.61. The number of hydrogen-bond acceptors (Lipinski definition) is 4. The van der Waals surface area contributed by atoms with Crippen molar-refractivity contribution in [2.75, 3.05) is 0 Å². The molecule has 0 saturated heterocycles. The fraction of sp³-hybridized carbons (Fsp3) is 0.333. The zero-order chi connectivity index (χ0) is 12.3. The maximum Gasteiger partial charge on any atom is 0.164 e. The highest BCUT2D eigenvalue weighted by Crippen LogP contribution is 2.26. The number of aromatic nitrogens is 3. The molecule has 0 aliphatic carbocycles. The molecule has 0 saturated carbocycles. The minimum absolute atomic E-state index is 0.236. The van der Waals surface area contributed by atoms with E-state index in [1.165, 1.54) is 6.33 Å². The smallest absolute Gasteiger partial charge is 0.164 e.